The first-order valence-electron chi connectivity index (χ1n) is 8.56. The Bertz CT molecular complexity index is 365. The van der Waals surface area contributed by atoms with Gasteiger partial charge in [-0.05, 0) is 27.7 Å². The molecule has 0 aromatic heterocycles. The van der Waals surface area contributed by atoms with Gasteiger partial charge in [-0.15, -0.1) is 12.4 Å². The quantitative estimate of drug-likeness (QED) is 0.400. The van der Waals surface area contributed by atoms with Crippen LogP contribution in [0.25, 0.3) is 0 Å². The number of hydrogen-bond donors (Lipinski definition) is 2. The predicted octanol–water partition coefficient (Wildman–Crippen LogP) is 0.742. The van der Waals surface area contributed by atoms with Crippen LogP contribution in [0.1, 0.15) is 27.7 Å². The van der Waals surface area contributed by atoms with Crippen molar-refractivity contribution in [2.24, 2.45) is 11.6 Å². The number of ether oxygens (including phenoxy) is 1. The number of hydrogen-bond acceptors (Lipinski definition) is 5. The second kappa shape index (κ2) is 15.0. The standard InChI is InChI=1S/C8H17N3O2.C7H17N3O.ClH/c1-2-11(8(9)12)7-10-3-5-13-6-4-10;1-4-9(5-2)7(11)10(8)6-3;/h2-7H2,1H3,(H2,9,12);4-6,8H2,1-3H3;1H. The maximum Gasteiger partial charge on any atom is 0.334 e. The van der Waals surface area contributed by atoms with Crippen LogP contribution >= 0.6 is 12.4 Å². The van der Waals surface area contributed by atoms with Gasteiger partial charge in [0.25, 0.3) is 0 Å². The van der Waals surface area contributed by atoms with E-state index in [2.05, 4.69) is 4.90 Å². The van der Waals surface area contributed by atoms with E-state index >= 15 is 0 Å². The number of urea groups is 2. The monoisotopic (exact) mass is 382 g/mol. The highest BCUT2D eigenvalue weighted by Crippen LogP contribution is 1.99. The lowest BCUT2D eigenvalue weighted by molar-refractivity contribution is 0.0183. The number of carbonyl (C=O) groups excluding carboxylic acids is 2. The van der Waals surface area contributed by atoms with Gasteiger partial charge in [-0.2, -0.15) is 0 Å². The SMILES string of the molecule is CCN(CN1CCOCC1)C(N)=O.CCN(N)C(=O)N(CC)CC.Cl. The molecule has 1 aliphatic rings. The van der Waals surface area contributed by atoms with Crippen molar-refractivity contribution in [3.05, 3.63) is 0 Å². The van der Waals surface area contributed by atoms with E-state index in [-0.39, 0.29) is 24.5 Å². The molecular formula is C15H35ClN6O3. The molecule has 1 heterocycles. The van der Waals surface area contributed by atoms with E-state index in [0.29, 0.717) is 32.8 Å². The van der Waals surface area contributed by atoms with Crippen LogP contribution in [-0.4, -0.2) is 90.9 Å². The van der Waals surface area contributed by atoms with Gasteiger partial charge in [0, 0.05) is 39.3 Å². The van der Waals surface area contributed by atoms with Gasteiger partial charge in [-0.1, -0.05) is 0 Å². The highest BCUT2D eigenvalue weighted by Gasteiger charge is 2.15. The lowest BCUT2D eigenvalue weighted by Crippen LogP contribution is -2.47. The van der Waals surface area contributed by atoms with Gasteiger partial charge in [-0.3, -0.25) is 9.91 Å². The summed E-state index contributed by atoms with van der Waals surface area (Å²) in [6.45, 7) is 14.1. The molecule has 0 unspecified atom stereocenters. The maximum atomic E-state index is 11.3. The number of hydrazine groups is 1. The first-order chi connectivity index (χ1) is 11.4. The Hall–Kier alpha value is -1.29. The summed E-state index contributed by atoms with van der Waals surface area (Å²) in [5.41, 5.74) is 5.19. The molecule has 0 aromatic carbocycles. The van der Waals surface area contributed by atoms with Crippen molar-refractivity contribution in [3.8, 4) is 0 Å². The fraction of sp³-hybridized carbons (Fsp3) is 0.867. The lowest BCUT2D eigenvalue weighted by atomic mass is 10.4. The summed E-state index contributed by atoms with van der Waals surface area (Å²) in [5.74, 6) is 5.41. The molecule has 4 amide bonds. The number of nitrogens with two attached hydrogens (primary N) is 2. The molecule has 9 nitrogen and oxygen atoms in total. The smallest absolute Gasteiger partial charge is 0.334 e. The zero-order chi connectivity index (χ0) is 18.5. The van der Waals surface area contributed by atoms with Crippen LogP contribution in [0.5, 0.6) is 0 Å². The van der Waals surface area contributed by atoms with Crippen molar-refractivity contribution < 1.29 is 14.3 Å². The summed E-state index contributed by atoms with van der Waals surface area (Å²) in [5, 5.41) is 1.22. The third kappa shape index (κ3) is 10.3. The number of morpholine rings is 1. The Kier molecular flexibility index (Phi) is 15.6. The van der Waals surface area contributed by atoms with Crippen molar-refractivity contribution in [3.63, 3.8) is 0 Å². The second-order valence-corrected chi connectivity index (χ2v) is 5.31. The Labute approximate surface area is 157 Å². The molecule has 1 rings (SSSR count). The number of carbonyl (C=O) groups is 2. The average Bonchev–Trinajstić information content (AvgIpc) is 2.61. The van der Waals surface area contributed by atoms with Crippen molar-refractivity contribution in [2.75, 3.05) is 59.2 Å². The molecular weight excluding hydrogens is 348 g/mol. The highest BCUT2D eigenvalue weighted by atomic mass is 35.5. The van der Waals surface area contributed by atoms with Gasteiger partial charge >= 0.3 is 12.1 Å². The Morgan fingerprint density at radius 2 is 1.44 bits per heavy atom. The summed E-state index contributed by atoms with van der Waals surface area (Å²) in [6.07, 6.45) is 0. The van der Waals surface area contributed by atoms with E-state index in [1.807, 2.05) is 27.7 Å². The van der Waals surface area contributed by atoms with Crippen molar-refractivity contribution in [2.45, 2.75) is 27.7 Å². The minimum Gasteiger partial charge on any atom is -0.379 e. The van der Waals surface area contributed by atoms with Crippen LogP contribution in [0.15, 0.2) is 0 Å². The largest absolute Gasteiger partial charge is 0.379 e. The fourth-order valence-corrected chi connectivity index (χ4v) is 2.12. The minimum atomic E-state index is -0.353. The summed E-state index contributed by atoms with van der Waals surface area (Å²) in [7, 11) is 0. The van der Waals surface area contributed by atoms with Gasteiger partial charge in [-0.25, -0.2) is 15.4 Å². The summed E-state index contributed by atoms with van der Waals surface area (Å²) >= 11 is 0. The van der Waals surface area contributed by atoms with Crippen LogP contribution in [0.4, 0.5) is 9.59 Å². The molecule has 25 heavy (non-hydrogen) atoms. The number of amides is 4. The molecule has 0 saturated carbocycles. The first kappa shape index (κ1) is 25.9. The molecule has 4 N–H and O–H groups in total. The molecule has 1 saturated heterocycles. The Balaban J connectivity index is 0. The third-order valence-electron chi connectivity index (χ3n) is 3.79. The number of rotatable bonds is 6. The first-order valence-corrected chi connectivity index (χ1v) is 8.56. The highest BCUT2D eigenvalue weighted by molar-refractivity contribution is 5.85. The maximum absolute atomic E-state index is 11.3. The molecule has 10 heteroatoms. The zero-order valence-corrected chi connectivity index (χ0v) is 16.8. The Morgan fingerprint density at radius 3 is 1.80 bits per heavy atom. The molecule has 0 bridgehead atoms. The summed E-state index contributed by atoms with van der Waals surface area (Å²) in [4.78, 5) is 27.6. The zero-order valence-electron chi connectivity index (χ0n) is 15.9. The van der Waals surface area contributed by atoms with Gasteiger partial charge in [0.1, 0.15) is 0 Å². The van der Waals surface area contributed by atoms with Crippen LogP contribution in [0.2, 0.25) is 0 Å². The third-order valence-corrected chi connectivity index (χ3v) is 3.79. The molecule has 0 aliphatic carbocycles. The van der Waals surface area contributed by atoms with Crippen LogP contribution in [0, 0.1) is 0 Å². The molecule has 0 atom stereocenters. The number of halogens is 1. The summed E-state index contributed by atoms with van der Waals surface area (Å²) < 4.78 is 5.20. The van der Waals surface area contributed by atoms with Crippen molar-refractivity contribution in [1.29, 1.82) is 0 Å². The molecule has 150 valence electrons. The van der Waals surface area contributed by atoms with Crippen molar-refractivity contribution >= 4 is 24.5 Å². The van der Waals surface area contributed by atoms with Gasteiger partial charge in [0.05, 0.1) is 19.9 Å². The van der Waals surface area contributed by atoms with Gasteiger partial charge < -0.3 is 20.3 Å². The molecule has 1 fully saturated rings. The Morgan fingerprint density at radius 1 is 0.960 bits per heavy atom. The van der Waals surface area contributed by atoms with Crippen molar-refractivity contribution in [1.82, 2.24) is 19.7 Å². The topological polar surface area (TPSA) is 108 Å². The predicted molar refractivity (Wildman–Crippen MR) is 101 cm³/mol. The van der Waals surface area contributed by atoms with Crippen LogP contribution < -0.4 is 11.6 Å². The number of primary amides is 1. The lowest BCUT2D eigenvalue weighted by Gasteiger charge is -2.31. The molecule has 1 aliphatic heterocycles. The average molecular weight is 383 g/mol. The summed E-state index contributed by atoms with van der Waals surface area (Å²) in [6, 6.07) is -0.452. The molecule has 0 aromatic rings. The van der Waals surface area contributed by atoms with E-state index in [4.69, 9.17) is 16.3 Å². The van der Waals surface area contributed by atoms with Gasteiger partial charge in [0.2, 0.25) is 0 Å². The molecule has 0 spiro atoms. The van der Waals surface area contributed by atoms with Gasteiger partial charge in [0.15, 0.2) is 0 Å². The van der Waals surface area contributed by atoms with Crippen LogP contribution in [0.3, 0.4) is 0 Å². The van der Waals surface area contributed by atoms with E-state index in [1.165, 1.54) is 5.01 Å². The van der Waals surface area contributed by atoms with E-state index < -0.39 is 0 Å². The minimum absolute atomic E-state index is 0. The number of nitrogens with zero attached hydrogens (tertiary/aromatic N) is 4. The normalized spacial score (nSPS) is 13.8. The molecule has 0 radical (unpaired) electrons. The van der Waals surface area contributed by atoms with E-state index in [9.17, 15) is 9.59 Å². The van der Waals surface area contributed by atoms with Crippen LogP contribution in [-0.2, 0) is 4.74 Å². The second-order valence-electron chi connectivity index (χ2n) is 5.31. The fourth-order valence-electron chi connectivity index (χ4n) is 2.12. The van der Waals surface area contributed by atoms with E-state index in [1.54, 1.807) is 9.80 Å². The van der Waals surface area contributed by atoms with E-state index in [0.717, 1.165) is 26.3 Å².